The molecule has 2 aliphatic rings. The van der Waals surface area contributed by atoms with Gasteiger partial charge < -0.3 is 4.90 Å². The van der Waals surface area contributed by atoms with E-state index in [0.717, 1.165) is 32.7 Å². The van der Waals surface area contributed by atoms with Crippen molar-refractivity contribution < 1.29 is 22.8 Å². The molecule has 35 heavy (non-hydrogen) atoms. The fourth-order valence-electron chi connectivity index (χ4n) is 4.39. The van der Waals surface area contributed by atoms with Gasteiger partial charge in [-0.1, -0.05) is 30.3 Å². The molecule has 1 aromatic carbocycles. The number of hydrogen-bond acceptors (Lipinski definition) is 6. The lowest BCUT2D eigenvalue weighted by Gasteiger charge is -2.31. The van der Waals surface area contributed by atoms with E-state index in [-0.39, 0.29) is 23.6 Å². The number of hydrogen-bond donors (Lipinski definition) is 1. The summed E-state index contributed by atoms with van der Waals surface area (Å²) in [6.45, 7) is 2.01. The monoisotopic (exact) mass is 503 g/mol. The lowest BCUT2D eigenvalue weighted by atomic mass is 9.97. The highest BCUT2D eigenvalue weighted by Gasteiger charge is 2.36. The number of likely N-dealkylation sites (tertiary alicyclic amines) is 1. The van der Waals surface area contributed by atoms with Gasteiger partial charge in [-0.05, 0) is 37.5 Å². The second-order valence-corrected chi connectivity index (χ2v) is 9.57. The van der Waals surface area contributed by atoms with Crippen LogP contribution >= 0.6 is 11.3 Å². The molecule has 0 aliphatic carbocycles. The molecule has 7 nitrogen and oxygen atoms in total. The number of benzene rings is 1. The number of halogens is 3. The third-order valence-electron chi connectivity index (χ3n) is 6.21. The van der Waals surface area contributed by atoms with Crippen molar-refractivity contribution in [2.24, 2.45) is 0 Å². The van der Waals surface area contributed by atoms with Crippen molar-refractivity contribution in [2.75, 3.05) is 13.1 Å². The zero-order valence-corrected chi connectivity index (χ0v) is 19.8. The van der Waals surface area contributed by atoms with E-state index in [0.29, 0.717) is 25.9 Å². The molecule has 11 heteroatoms. The summed E-state index contributed by atoms with van der Waals surface area (Å²) in [5, 5.41) is 6.83. The van der Waals surface area contributed by atoms with E-state index >= 15 is 0 Å². The van der Waals surface area contributed by atoms with Crippen LogP contribution in [0.1, 0.15) is 52.5 Å². The Labute approximate surface area is 204 Å². The van der Waals surface area contributed by atoms with E-state index in [1.54, 1.807) is 16.2 Å². The highest BCUT2D eigenvalue weighted by Crippen LogP contribution is 2.34. The van der Waals surface area contributed by atoms with Crippen LogP contribution in [0.4, 0.5) is 13.2 Å². The maximum Gasteiger partial charge on any atom is 0.433 e. The van der Waals surface area contributed by atoms with E-state index in [9.17, 15) is 18.0 Å². The minimum absolute atomic E-state index is 0.179. The molecule has 1 N–H and O–H groups in total. The molecule has 3 aromatic rings. The summed E-state index contributed by atoms with van der Waals surface area (Å²) >= 11 is 1.57. The second-order valence-electron chi connectivity index (χ2n) is 8.68. The van der Waals surface area contributed by atoms with Gasteiger partial charge in [0.1, 0.15) is 18.3 Å². The summed E-state index contributed by atoms with van der Waals surface area (Å²) in [5.41, 5.74) is 4.98. The number of piperidine rings is 1. The number of nitrogens with zero attached hydrogens (tertiary/aromatic N) is 4. The lowest BCUT2D eigenvalue weighted by molar-refractivity contribution is -0.146. The average molecular weight is 504 g/mol. The number of aromatic nitrogens is 3. The molecule has 2 aromatic heterocycles. The predicted octanol–water partition coefficient (Wildman–Crippen LogP) is 4.69. The fraction of sp³-hybridized carbons (Fsp3) is 0.375. The number of carbonyl (C=O) groups excluding carboxylic acids is 1. The van der Waals surface area contributed by atoms with Gasteiger partial charge in [0.2, 0.25) is 5.91 Å². The molecular weight excluding hydrogens is 479 g/mol. The zero-order valence-electron chi connectivity index (χ0n) is 19.0. The summed E-state index contributed by atoms with van der Waals surface area (Å²) in [6.07, 6.45) is -1.31. The lowest BCUT2D eigenvalue weighted by Crippen LogP contribution is -2.40. The van der Waals surface area contributed by atoms with Gasteiger partial charge in [0.05, 0.1) is 22.1 Å². The minimum Gasteiger partial charge on any atom is -0.341 e. The quantitative estimate of drug-likeness (QED) is 0.547. The molecule has 1 saturated heterocycles. The van der Waals surface area contributed by atoms with E-state index in [2.05, 4.69) is 10.6 Å². The van der Waals surface area contributed by atoms with Crippen molar-refractivity contribution in [2.45, 2.75) is 44.5 Å². The van der Waals surface area contributed by atoms with Gasteiger partial charge in [-0.2, -0.15) is 18.3 Å². The number of carbonyl (C=O) groups is 1. The van der Waals surface area contributed by atoms with Gasteiger partial charge in [-0.25, -0.2) is 4.98 Å². The number of aryl methyl sites for hydroxylation is 1. The SMILES string of the molecule is Cc1cc(C(F)(F)F)n(CC(=O)N2CCC(c3nc(C4=CC(c5ccccc5)ON4)cs3)CC2)n1. The predicted molar refractivity (Wildman–Crippen MR) is 124 cm³/mol. The van der Waals surface area contributed by atoms with E-state index < -0.39 is 18.4 Å². The Kier molecular flexibility index (Phi) is 6.37. The number of amides is 1. The molecule has 1 amide bonds. The van der Waals surface area contributed by atoms with Crippen molar-refractivity contribution in [3.63, 3.8) is 0 Å². The van der Waals surface area contributed by atoms with Gasteiger partial charge >= 0.3 is 6.18 Å². The maximum absolute atomic E-state index is 13.2. The fourth-order valence-corrected chi connectivity index (χ4v) is 5.38. The van der Waals surface area contributed by atoms with Crippen molar-refractivity contribution in [3.05, 3.63) is 75.5 Å². The van der Waals surface area contributed by atoms with Crippen LogP contribution in [0.25, 0.3) is 5.70 Å². The molecule has 4 heterocycles. The average Bonchev–Trinajstić information content (AvgIpc) is 3.59. The summed E-state index contributed by atoms with van der Waals surface area (Å²) in [5.74, 6) is -0.162. The Balaban J connectivity index is 1.19. The van der Waals surface area contributed by atoms with Crippen molar-refractivity contribution in [1.29, 1.82) is 0 Å². The minimum atomic E-state index is -4.55. The normalized spacial score (nSPS) is 19.0. The first kappa shape index (κ1) is 23.6. The van der Waals surface area contributed by atoms with Crippen molar-refractivity contribution in [3.8, 4) is 0 Å². The molecular formula is C24H24F3N5O2S. The van der Waals surface area contributed by atoms with Crippen LogP contribution in [0, 0.1) is 6.92 Å². The topological polar surface area (TPSA) is 72.3 Å². The van der Waals surface area contributed by atoms with Crippen LogP contribution in [0.3, 0.4) is 0 Å². The molecule has 0 saturated carbocycles. The van der Waals surface area contributed by atoms with Crippen molar-refractivity contribution >= 4 is 22.9 Å². The van der Waals surface area contributed by atoms with Crippen LogP contribution in [-0.2, 0) is 22.4 Å². The number of nitrogens with one attached hydrogen (secondary N) is 1. The van der Waals surface area contributed by atoms with Crippen molar-refractivity contribution in [1.82, 2.24) is 25.1 Å². The van der Waals surface area contributed by atoms with Crippen LogP contribution < -0.4 is 5.48 Å². The van der Waals surface area contributed by atoms with Crippen LogP contribution in [0.5, 0.6) is 0 Å². The molecule has 2 aliphatic heterocycles. The number of alkyl halides is 3. The third-order valence-corrected chi connectivity index (χ3v) is 7.22. The molecule has 1 atom stereocenters. The molecule has 0 radical (unpaired) electrons. The molecule has 5 rings (SSSR count). The first-order chi connectivity index (χ1) is 16.8. The van der Waals surface area contributed by atoms with Gasteiger partial charge in [0.15, 0.2) is 0 Å². The van der Waals surface area contributed by atoms with Crippen LogP contribution in [0.2, 0.25) is 0 Å². The zero-order chi connectivity index (χ0) is 24.6. The Morgan fingerprint density at radius 3 is 2.69 bits per heavy atom. The molecule has 0 bridgehead atoms. The van der Waals surface area contributed by atoms with Crippen LogP contribution in [-0.4, -0.2) is 38.7 Å². The maximum atomic E-state index is 13.2. The van der Waals surface area contributed by atoms with Crippen LogP contribution in [0.15, 0.2) is 47.9 Å². The van der Waals surface area contributed by atoms with Gasteiger partial charge in [-0.15, -0.1) is 11.3 Å². The largest absolute Gasteiger partial charge is 0.433 e. The summed E-state index contributed by atoms with van der Waals surface area (Å²) in [6, 6.07) is 10.9. The van der Waals surface area contributed by atoms with Gasteiger partial charge in [0.25, 0.3) is 0 Å². The Morgan fingerprint density at radius 1 is 1.23 bits per heavy atom. The first-order valence-electron chi connectivity index (χ1n) is 11.3. The summed E-state index contributed by atoms with van der Waals surface area (Å²) in [7, 11) is 0. The first-order valence-corrected chi connectivity index (χ1v) is 12.2. The molecule has 0 spiro atoms. The Morgan fingerprint density at radius 2 is 1.97 bits per heavy atom. The van der Waals surface area contributed by atoms with Gasteiger partial charge in [-0.3, -0.25) is 19.8 Å². The highest BCUT2D eigenvalue weighted by molar-refractivity contribution is 7.09. The van der Waals surface area contributed by atoms with Gasteiger partial charge in [0, 0.05) is 24.4 Å². The van der Waals surface area contributed by atoms with E-state index in [1.165, 1.54) is 6.92 Å². The second kappa shape index (κ2) is 9.46. The summed E-state index contributed by atoms with van der Waals surface area (Å²) in [4.78, 5) is 24.8. The standard InChI is InChI=1S/C24H24F3N5O2S/c1-15-11-21(24(25,26)27)32(29-15)13-22(33)31-9-7-17(8-10-31)23-28-19(14-35-23)18-12-20(34-30-18)16-5-3-2-4-6-16/h2-6,11-12,14,17,20,30H,7-10,13H2,1H3. The highest BCUT2D eigenvalue weighted by atomic mass is 32.1. The smallest absolute Gasteiger partial charge is 0.341 e. The molecule has 1 fully saturated rings. The Bertz CT molecular complexity index is 1230. The Hall–Kier alpha value is -3.18. The number of hydroxylamine groups is 1. The third kappa shape index (κ3) is 5.10. The summed E-state index contributed by atoms with van der Waals surface area (Å²) < 4.78 is 40.4. The van der Waals surface area contributed by atoms with E-state index in [1.807, 2.05) is 41.8 Å². The molecule has 184 valence electrons. The van der Waals surface area contributed by atoms with E-state index in [4.69, 9.17) is 9.82 Å². The number of rotatable bonds is 5. The number of thiazole rings is 1. The molecule has 1 unspecified atom stereocenters.